The standard InChI is InChI=1S/C9H14N2OS/c1-3-4-5-7-8(12-2)9(13)11-6-10-7/h6H,3-5H2,1-2H3,(H,10,11,13). The Hall–Kier alpha value is -0.900. The van der Waals surface area contributed by atoms with Gasteiger partial charge in [-0.15, -0.1) is 0 Å². The van der Waals surface area contributed by atoms with Crippen LogP contribution in [0.5, 0.6) is 5.75 Å². The van der Waals surface area contributed by atoms with E-state index >= 15 is 0 Å². The number of aromatic nitrogens is 2. The first kappa shape index (κ1) is 10.2. The van der Waals surface area contributed by atoms with Crippen LogP contribution in [0.15, 0.2) is 6.33 Å². The van der Waals surface area contributed by atoms with E-state index in [1.54, 1.807) is 13.4 Å². The summed E-state index contributed by atoms with van der Waals surface area (Å²) in [6, 6.07) is 0. The second kappa shape index (κ2) is 4.97. The molecule has 72 valence electrons. The minimum absolute atomic E-state index is 0.535. The second-order valence-corrected chi connectivity index (χ2v) is 3.21. The Kier molecular flexibility index (Phi) is 3.89. The summed E-state index contributed by atoms with van der Waals surface area (Å²) in [4.78, 5) is 7.01. The first-order valence-corrected chi connectivity index (χ1v) is 4.81. The minimum Gasteiger partial charge on any atom is -0.492 e. The highest BCUT2D eigenvalue weighted by Gasteiger charge is 2.04. The highest BCUT2D eigenvalue weighted by molar-refractivity contribution is 7.71. The molecule has 0 atom stereocenters. The molecule has 0 saturated carbocycles. The first-order valence-electron chi connectivity index (χ1n) is 4.40. The van der Waals surface area contributed by atoms with E-state index in [4.69, 9.17) is 17.0 Å². The molecule has 1 heterocycles. The van der Waals surface area contributed by atoms with Gasteiger partial charge in [-0.3, -0.25) is 0 Å². The predicted octanol–water partition coefficient (Wildman–Crippen LogP) is 2.49. The molecule has 0 saturated heterocycles. The molecule has 0 fully saturated rings. The Morgan fingerprint density at radius 3 is 3.00 bits per heavy atom. The number of rotatable bonds is 4. The summed E-state index contributed by atoms with van der Waals surface area (Å²) in [7, 11) is 1.62. The van der Waals surface area contributed by atoms with Crippen LogP contribution in [0.4, 0.5) is 0 Å². The fourth-order valence-corrected chi connectivity index (χ4v) is 1.43. The smallest absolute Gasteiger partial charge is 0.174 e. The van der Waals surface area contributed by atoms with Crippen LogP contribution in [0, 0.1) is 4.64 Å². The van der Waals surface area contributed by atoms with Gasteiger partial charge < -0.3 is 9.72 Å². The zero-order valence-corrected chi connectivity index (χ0v) is 8.78. The third kappa shape index (κ3) is 2.52. The fourth-order valence-electron chi connectivity index (χ4n) is 1.17. The molecule has 1 N–H and O–H groups in total. The maximum atomic E-state index is 5.18. The van der Waals surface area contributed by atoms with Crippen LogP contribution in [-0.4, -0.2) is 17.1 Å². The van der Waals surface area contributed by atoms with Crippen LogP contribution in [-0.2, 0) is 6.42 Å². The van der Waals surface area contributed by atoms with Gasteiger partial charge in [0.15, 0.2) is 10.4 Å². The third-order valence-electron chi connectivity index (χ3n) is 1.87. The second-order valence-electron chi connectivity index (χ2n) is 2.82. The van der Waals surface area contributed by atoms with Crippen molar-refractivity contribution in [3.8, 4) is 5.75 Å². The maximum Gasteiger partial charge on any atom is 0.174 e. The molecule has 0 aliphatic rings. The van der Waals surface area contributed by atoms with Gasteiger partial charge in [0, 0.05) is 0 Å². The van der Waals surface area contributed by atoms with Gasteiger partial charge in [0.2, 0.25) is 0 Å². The average molecular weight is 198 g/mol. The zero-order chi connectivity index (χ0) is 9.68. The Balaban J connectivity index is 2.92. The number of methoxy groups -OCH3 is 1. The lowest BCUT2D eigenvalue weighted by molar-refractivity contribution is 0.401. The Morgan fingerprint density at radius 1 is 1.62 bits per heavy atom. The molecule has 0 amide bonds. The van der Waals surface area contributed by atoms with Crippen molar-refractivity contribution in [2.45, 2.75) is 26.2 Å². The van der Waals surface area contributed by atoms with Crippen molar-refractivity contribution < 1.29 is 4.74 Å². The molecule has 1 aromatic rings. The van der Waals surface area contributed by atoms with Gasteiger partial charge in [-0.1, -0.05) is 25.6 Å². The molecule has 3 nitrogen and oxygen atoms in total. The van der Waals surface area contributed by atoms with Gasteiger partial charge in [-0.05, 0) is 12.8 Å². The van der Waals surface area contributed by atoms with Gasteiger partial charge in [0.05, 0.1) is 19.1 Å². The normalized spacial score (nSPS) is 10.0. The molecule has 0 bridgehead atoms. The molecule has 1 rings (SSSR count). The molecule has 4 heteroatoms. The first-order chi connectivity index (χ1) is 6.29. The Bertz CT molecular complexity index is 322. The van der Waals surface area contributed by atoms with Crippen molar-refractivity contribution in [2.75, 3.05) is 7.11 Å². The number of aryl methyl sites for hydroxylation is 1. The van der Waals surface area contributed by atoms with Crippen LogP contribution in [0.1, 0.15) is 25.5 Å². The summed E-state index contributed by atoms with van der Waals surface area (Å²) >= 11 is 5.03. The summed E-state index contributed by atoms with van der Waals surface area (Å²) in [5.74, 6) is 0.714. The van der Waals surface area contributed by atoms with E-state index in [9.17, 15) is 0 Å². The number of aromatic amines is 1. The molecule has 0 aliphatic carbocycles. The summed E-state index contributed by atoms with van der Waals surface area (Å²) < 4.78 is 5.71. The van der Waals surface area contributed by atoms with E-state index in [1.807, 2.05) is 0 Å². The minimum atomic E-state index is 0.535. The number of unbranched alkanes of at least 4 members (excludes halogenated alkanes) is 1. The number of ether oxygens (including phenoxy) is 1. The molecule has 0 aliphatic heterocycles. The molecular formula is C9H14N2OS. The van der Waals surface area contributed by atoms with Crippen molar-refractivity contribution in [2.24, 2.45) is 0 Å². The predicted molar refractivity (Wildman–Crippen MR) is 54.6 cm³/mol. The lowest BCUT2D eigenvalue weighted by Gasteiger charge is -2.06. The van der Waals surface area contributed by atoms with Crippen molar-refractivity contribution in [1.29, 1.82) is 0 Å². The van der Waals surface area contributed by atoms with Crippen molar-refractivity contribution in [3.05, 3.63) is 16.7 Å². The van der Waals surface area contributed by atoms with Gasteiger partial charge in [-0.2, -0.15) is 0 Å². The average Bonchev–Trinajstić information content (AvgIpc) is 2.15. The Labute approximate surface area is 83.2 Å². The summed E-state index contributed by atoms with van der Waals surface area (Å²) in [5, 5.41) is 0. The molecule has 13 heavy (non-hydrogen) atoms. The largest absolute Gasteiger partial charge is 0.492 e. The van der Waals surface area contributed by atoms with Crippen LogP contribution < -0.4 is 4.74 Å². The molecular weight excluding hydrogens is 184 g/mol. The quantitative estimate of drug-likeness (QED) is 0.755. The van der Waals surface area contributed by atoms with Crippen LogP contribution >= 0.6 is 12.2 Å². The fraction of sp³-hybridized carbons (Fsp3) is 0.556. The molecule has 0 radical (unpaired) electrons. The van der Waals surface area contributed by atoms with Crippen molar-refractivity contribution in [3.63, 3.8) is 0 Å². The lowest BCUT2D eigenvalue weighted by atomic mass is 10.2. The third-order valence-corrected chi connectivity index (χ3v) is 2.16. The number of H-pyrrole nitrogens is 1. The number of nitrogens with zero attached hydrogens (tertiary/aromatic N) is 1. The summed E-state index contributed by atoms with van der Waals surface area (Å²) in [5.41, 5.74) is 1.05. The van der Waals surface area contributed by atoms with E-state index in [2.05, 4.69) is 16.9 Å². The number of hydrogen-bond acceptors (Lipinski definition) is 3. The summed E-state index contributed by atoms with van der Waals surface area (Å²) in [6.45, 7) is 2.16. The lowest BCUT2D eigenvalue weighted by Crippen LogP contribution is -1.97. The van der Waals surface area contributed by atoms with Crippen LogP contribution in [0.3, 0.4) is 0 Å². The molecule has 0 unspecified atom stereocenters. The van der Waals surface area contributed by atoms with Crippen LogP contribution in [0.2, 0.25) is 0 Å². The van der Waals surface area contributed by atoms with E-state index < -0.39 is 0 Å². The van der Waals surface area contributed by atoms with E-state index in [0.29, 0.717) is 10.4 Å². The number of hydrogen-bond donors (Lipinski definition) is 1. The van der Waals surface area contributed by atoms with Gasteiger partial charge >= 0.3 is 0 Å². The van der Waals surface area contributed by atoms with E-state index in [1.165, 1.54) is 0 Å². The van der Waals surface area contributed by atoms with E-state index in [-0.39, 0.29) is 0 Å². The maximum absolute atomic E-state index is 5.18. The topological polar surface area (TPSA) is 37.9 Å². The van der Waals surface area contributed by atoms with E-state index in [0.717, 1.165) is 25.0 Å². The van der Waals surface area contributed by atoms with Gasteiger partial charge in [0.25, 0.3) is 0 Å². The monoisotopic (exact) mass is 198 g/mol. The molecule has 0 aromatic carbocycles. The van der Waals surface area contributed by atoms with Gasteiger partial charge in [0.1, 0.15) is 0 Å². The molecule has 1 aromatic heterocycles. The zero-order valence-electron chi connectivity index (χ0n) is 7.96. The highest BCUT2D eigenvalue weighted by atomic mass is 32.1. The SMILES string of the molecule is CCCCc1[nH]cnc(=S)c1OC. The molecule has 0 spiro atoms. The highest BCUT2D eigenvalue weighted by Crippen LogP contribution is 2.17. The van der Waals surface area contributed by atoms with Crippen molar-refractivity contribution >= 4 is 12.2 Å². The van der Waals surface area contributed by atoms with Gasteiger partial charge in [-0.25, -0.2) is 4.98 Å². The van der Waals surface area contributed by atoms with Crippen molar-refractivity contribution in [1.82, 2.24) is 9.97 Å². The van der Waals surface area contributed by atoms with Crippen LogP contribution in [0.25, 0.3) is 0 Å². The number of nitrogens with one attached hydrogen (secondary N) is 1. The Morgan fingerprint density at radius 2 is 2.38 bits per heavy atom. The summed E-state index contributed by atoms with van der Waals surface area (Å²) in [6.07, 6.45) is 4.87.